The lowest BCUT2D eigenvalue weighted by Crippen LogP contribution is -2.38. The van der Waals surface area contributed by atoms with Crippen molar-refractivity contribution in [2.24, 2.45) is 0 Å². The minimum absolute atomic E-state index is 0.335. The van der Waals surface area contributed by atoms with E-state index in [2.05, 4.69) is 82.5 Å². The summed E-state index contributed by atoms with van der Waals surface area (Å²) >= 11 is 6.31. The van der Waals surface area contributed by atoms with Gasteiger partial charge in [0.15, 0.2) is 0 Å². The van der Waals surface area contributed by atoms with E-state index in [9.17, 15) is 0 Å². The molecule has 3 aromatic carbocycles. The van der Waals surface area contributed by atoms with E-state index in [1.807, 2.05) is 30.5 Å². The van der Waals surface area contributed by atoms with Crippen LogP contribution >= 0.6 is 11.6 Å². The molecule has 5 aromatic rings. The number of nitrogens with zero attached hydrogens (tertiary/aromatic N) is 3. The predicted molar refractivity (Wildman–Crippen MR) is 122 cm³/mol. The molecule has 3 nitrogen and oxygen atoms in total. The van der Waals surface area contributed by atoms with Gasteiger partial charge in [0, 0.05) is 11.6 Å². The lowest BCUT2D eigenvalue weighted by molar-refractivity contribution is 0.472. The van der Waals surface area contributed by atoms with Crippen molar-refractivity contribution in [2.75, 3.05) is 0 Å². The molecule has 0 N–H and O–H groups in total. The highest BCUT2D eigenvalue weighted by Gasteiger charge is 2.40. The zero-order chi connectivity index (χ0) is 20.4. The second kappa shape index (κ2) is 7.77. The number of benzene rings is 3. The van der Waals surface area contributed by atoms with Crippen molar-refractivity contribution in [1.82, 2.24) is 14.8 Å². The lowest BCUT2D eigenvalue weighted by Gasteiger charge is -2.37. The van der Waals surface area contributed by atoms with Crippen LogP contribution in [0.2, 0.25) is 0 Å². The summed E-state index contributed by atoms with van der Waals surface area (Å²) in [6, 6.07) is 33.5. The van der Waals surface area contributed by atoms with Crippen molar-refractivity contribution in [3.8, 4) is 0 Å². The quantitative estimate of drug-likeness (QED) is 0.263. The van der Waals surface area contributed by atoms with Gasteiger partial charge in [-0.1, -0.05) is 91.0 Å². The van der Waals surface area contributed by atoms with Crippen LogP contribution in [0.4, 0.5) is 0 Å². The van der Waals surface area contributed by atoms with Gasteiger partial charge in [-0.25, -0.2) is 4.68 Å². The van der Waals surface area contributed by atoms with E-state index >= 15 is 0 Å². The summed E-state index contributed by atoms with van der Waals surface area (Å²) in [5.41, 5.74) is 4.49. The monoisotopic (exact) mass is 409 g/mol. The van der Waals surface area contributed by atoms with Gasteiger partial charge in [0.05, 0.1) is 23.3 Å². The van der Waals surface area contributed by atoms with Crippen molar-refractivity contribution in [1.29, 1.82) is 0 Å². The molecule has 0 aliphatic heterocycles. The molecule has 0 atom stereocenters. The smallest absolute Gasteiger partial charge is 0.138 e. The highest BCUT2D eigenvalue weighted by Crippen LogP contribution is 2.42. The molecule has 5 rings (SSSR count). The standard InChI is InChI=1S/C26H20ClN3/c27-18-24-23-16-17-28-19-25(23)30(29-24)26(20-10-4-1-5-11-20,21-12-6-2-7-13-21)22-14-8-3-9-15-22/h1-17,19H,18H2. The molecule has 0 spiro atoms. The Morgan fingerprint density at radius 3 is 1.67 bits per heavy atom. The zero-order valence-corrected chi connectivity index (χ0v) is 17.1. The number of fused-ring (bicyclic) bond motifs is 1. The first kappa shape index (κ1) is 18.6. The van der Waals surface area contributed by atoms with Crippen LogP contribution in [0.3, 0.4) is 0 Å². The molecular weight excluding hydrogens is 390 g/mol. The number of rotatable bonds is 5. The van der Waals surface area contributed by atoms with Gasteiger partial charge in [0.1, 0.15) is 5.54 Å². The fraction of sp³-hybridized carbons (Fsp3) is 0.0769. The Morgan fingerprint density at radius 2 is 1.20 bits per heavy atom. The lowest BCUT2D eigenvalue weighted by atomic mass is 9.77. The first-order valence-corrected chi connectivity index (χ1v) is 10.4. The normalized spacial score (nSPS) is 11.6. The molecule has 30 heavy (non-hydrogen) atoms. The summed E-state index contributed by atoms with van der Waals surface area (Å²) in [6.45, 7) is 0. The average Bonchev–Trinajstić information content (AvgIpc) is 3.21. The topological polar surface area (TPSA) is 30.7 Å². The van der Waals surface area contributed by atoms with Crippen molar-refractivity contribution >= 4 is 22.5 Å². The van der Waals surface area contributed by atoms with E-state index in [4.69, 9.17) is 16.7 Å². The summed E-state index contributed by atoms with van der Waals surface area (Å²) in [6.07, 6.45) is 3.67. The fourth-order valence-electron chi connectivity index (χ4n) is 4.29. The van der Waals surface area contributed by atoms with Crippen molar-refractivity contribution in [2.45, 2.75) is 11.4 Å². The number of aromatic nitrogens is 3. The molecule has 0 saturated heterocycles. The summed E-state index contributed by atoms with van der Waals surface area (Å²) < 4.78 is 2.09. The van der Waals surface area contributed by atoms with E-state index in [1.54, 1.807) is 6.20 Å². The Balaban J connectivity index is 1.98. The van der Waals surface area contributed by atoms with E-state index in [0.29, 0.717) is 5.88 Å². The maximum absolute atomic E-state index is 6.31. The molecule has 0 unspecified atom stereocenters. The second-order valence-electron chi connectivity index (χ2n) is 7.19. The first-order valence-electron chi connectivity index (χ1n) is 9.90. The Bertz CT molecular complexity index is 1170. The summed E-state index contributed by atoms with van der Waals surface area (Å²) in [4.78, 5) is 4.41. The molecule has 0 bridgehead atoms. The Labute approximate surface area is 180 Å². The SMILES string of the molecule is ClCc1nn(C(c2ccccc2)(c2ccccc2)c2ccccc2)c2cnccc12. The van der Waals surface area contributed by atoms with Crippen LogP contribution in [0.5, 0.6) is 0 Å². The Kier molecular flexibility index (Phi) is 4.82. The highest BCUT2D eigenvalue weighted by atomic mass is 35.5. The third-order valence-corrected chi connectivity index (χ3v) is 5.83. The van der Waals surface area contributed by atoms with Crippen molar-refractivity contribution in [3.05, 3.63) is 132 Å². The molecule has 0 saturated carbocycles. The van der Waals surface area contributed by atoms with E-state index < -0.39 is 5.54 Å². The number of alkyl halides is 1. The van der Waals surface area contributed by atoms with E-state index in [-0.39, 0.29) is 0 Å². The van der Waals surface area contributed by atoms with E-state index in [1.165, 1.54) is 0 Å². The molecule has 0 radical (unpaired) electrons. The maximum Gasteiger partial charge on any atom is 0.138 e. The summed E-state index contributed by atoms with van der Waals surface area (Å²) in [5.74, 6) is 0.335. The molecule has 146 valence electrons. The van der Waals surface area contributed by atoms with Crippen molar-refractivity contribution in [3.63, 3.8) is 0 Å². The maximum atomic E-state index is 6.31. The third-order valence-electron chi connectivity index (χ3n) is 5.58. The predicted octanol–water partition coefficient (Wildman–Crippen LogP) is 6.01. The van der Waals surface area contributed by atoms with Crippen LogP contribution in [0.25, 0.3) is 10.9 Å². The van der Waals surface area contributed by atoms with Gasteiger partial charge in [-0.2, -0.15) is 5.10 Å². The number of pyridine rings is 1. The second-order valence-corrected chi connectivity index (χ2v) is 7.46. The van der Waals surface area contributed by atoms with Crippen LogP contribution < -0.4 is 0 Å². The number of hydrogen-bond acceptors (Lipinski definition) is 2. The Morgan fingerprint density at radius 1 is 0.700 bits per heavy atom. The van der Waals surface area contributed by atoms with Crippen LogP contribution in [-0.2, 0) is 11.4 Å². The van der Waals surface area contributed by atoms with Gasteiger partial charge in [-0.15, -0.1) is 11.6 Å². The van der Waals surface area contributed by atoms with Crippen molar-refractivity contribution < 1.29 is 0 Å². The van der Waals surface area contributed by atoms with E-state index in [0.717, 1.165) is 33.3 Å². The van der Waals surface area contributed by atoms with Crippen LogP contribution in [0.1, 0.15) is 22.4 Å². The molecule has 0 aliphatic rings. The van der Waals surface area contributed by atoms with Gasteiger partial charge in [0.2, 0.25) is 0 Å². The number of halogens is 1. The highest BCUT2D eigenvalue weighted by molar-refractivity contribution is 6.17. The molecule has 4 heteroatoms. The zero-order valence-electron chi connectivity index (χ0n) is 16.3. The van der Waals surface area contributed by atoms with Crippen LogP contribution in [0.15, 0.2) is 109 Å². The van der Waals surface area contributed by atoms with Gasteiger partial charge in [-0.3, -0.25) is 4.98 Å². The summed E-state index contributed by atoms with van der Waals surface area (Å²) in [5, 5.41) is 6.07. The third kappa shape index (κ3) is 2.82. The van der Waals surface area contributed by atoms with Gasteiger partial charge in [0.25, 0.3) is 0 Å². The van der Waals surface area contributed by atoms with Gasteiger partial charge >= 0.3 is 0 Å². The molecule has 0 fully saturated rings. The summed E-state index contributed by atoms with van der Waals surface area (Å²) in [7, 11) is 0. The Hall–Kier alpha value is -3.43. The first-order chi connectivity index (χ1) is 14.9. The molecule has 0 aliphatic carbocycles. The molecule has 0 amide bonds. The largest absolute Gasteiger partial charge is 0.262 e. The number of hydrogen-bond donors (Lipinski definition) is 0. The van der Waals surface area contributed by atoms with Crippen LogP contribution in [0, 0.1) is 0 Å². The minimum atomic E-state index is -0.671. The average molecular weight is 410 g/mol. The minimum Gasteiger partial charge on any atom is -0.262 e. The van der Waals surface area contributed by atoms with Gasteiger partial charge in [-0.05, 0) is 22.8 Å². The molecule has 2 heterocycles. The van der Waals surface area contributed by atoms with Gasteiger partial charge < -0.3 is 0 Å². The van der Waals surface area contributed by atoms with Crippen LogP contribution in [-0.4, -0.2) is 14.8 Å². The molecular formula is C26H20ClN3. The molecule has 2 aromatic heterocycles. The fourth-order valence-corrected chi connectivity index (χ4v) is 4.48.